The van der Waals surface area contributed by atoms with Crippen molar-refractivity contribution in [3.8, 4) is 0 Å². The van der Waals surface area contributed by atoms with Crippen molar-refractivity contribution < 1.29 is 4.79 Å². The molecule has 3 atom stereocenters. The monoisotopic (exact) mass is 196 g/mol. The van der Waals surface area contributed by atoms with Gasteiger partial charge in [-0.15, -0.1) is 6.58 Å². The summed E-state index contributed by atoms with van der Waals surface area (Å²) < 4.78 is 0. The number of hydrogen-bond acceptors (Lipinski definition) is 1. The highest BCUT2D eigenvalue weighted by atomic mass is 16.1. The van der Waals surface area contributed by atoms with Gasteiger partial charge in [-0.05, 0) is 38.0 Å². The average molecular weight is 196 g/mol. The van der Waals surface area contributed by atoms with Crippen molar-refractivity contribution in [3.05, 3.63) is 12.2 Å². The SMILES string of the molecule is C=C(C)C[C@@H](C)C[C@@H](C)C[C@H](C)C=O. The molecule has 0 rings (SSSR count). The summed E-state index contributed by atoms with van der Waals surface area (Å²) in [7, 11) is 0. The van der Waals surface area contributed by atoms with Gasteiger partial charge < -0.3 is 4.79 Å². The molecule has 0 saturated heterocycles. The molecule has 0 amide bonds. The molecule has 82 valence electrons. The number of carbonyl (C=O) groups is 1. The van der Waals surface area contributed by atoms with Crippen molar-refractivity contribution in [1.29, 1.82) is 0 Å². The largest absolute Gasteiger partial charge is 0.303 e. The van der Waals surface area contributed by atoms with Crippen molar-refractivity contribution in [3.63, 3.8) is 0 Å². The molecule has 0 aliphatic rings. The van der Waals surface area contributed by atoms with E-state index in [0.29, 0.717) is 11.8 Å². The van der Waals surface area contributed by atoms with Gasteiger partial charge in [-0.1, -0.05) is 26.3 Å². The molecule has 0 unspecified atom stereocenters. The minimum atomic E-state index is 0.210. The van der Waals surface area contributed by atoms with E-state index in [2.05, 4.69) is 27.4 Å². The Morgan fingerprint density at radius 3 is 2.21 bits per heavy atom. The van der Waals surface area contributed by atoms with E-state index in [0.717, 1.165) is 19.1 Å². The van der Waals surface area contributed by atoms with E-state index >= 15 is 0 Å². The summed E-state index contributed by atoms with van der Waals surface area (Å²) in [5.74, 6) is 1.55. The van der Waals surface area contributed by atoms with Crippen LogP contribution in [0, 0.1) is 17.8 Å². The lowest BCUT2D eigenvalue weighted by atomic mass is 9.87. The lowest BCUT2D eigenvalue weighted by Gasteiger charge is -2.18. The summed E-state index contributed by atoms with van der Waals surface area (Å²) in [6.07, 6.45) is 4.38. The summed E-state index contributed by atoms with van der Waals surface area (Å²) >= 11 is 0. The van der Waals surface area contributed by atoms with E-state index in [1.807, 2.05) is 6.92 Å². The molecule has 0 aliphatic heterocycles. The standard InChI is InChI=1S/C13H24O/c1-10(2)6-11(3)7-12(4)8-13(5)9-14/h9,11-13H,1,6-8H2,2-5H3/t11-,12-,13+/m1/s1. The Labute approximate surface area is 88.6 Å². The molecule has 0 heterocycles. The van der Waals surface area contributed by atoms with Crippen molar-refractivity contribution in [2.75, 3.05) is 0 Å². The Kier molecular flexibility index (Phi) is 6.52. The van der Waals surface area contributed by atoms with Gasteiger partial charge in [0.05, 0.1) is 0 Å². The molecule has 0 bridgehead atoms. The lowest BCUT2D eigenvalue weighted by molar-refractivity contribution is -0.111. The number of hydrogen-bond donors (Lipinski definition) is 0. The van der Waals surface area contributed by atoms with Gasteiger partial charge in [0, 0.05) is 5.92 Å². The first-order chi connectivity index (χ1) is 6.45. The van der Waals surface area contributed by atoms with Crippen molar-refractivity contribution >= 4 is 6.29 Å². The molecule has 1 heteroatoms. The second kappa shape index (κ2) is 6.80. The van der Waals surface area contributed by atoms with E-state index in [1.165, 1.54) is 12.0 Å². The van der Waals surface area contributed by atoms with Crippen LogP contribution in [0.5, 0.6) is 0 Å². The molecule has 0 radical (unpaired) electrons. The van der Waals surface area contributed by atoms with Crippen LogP contribution in [0.15, 0.2) is 12.2 Å². The summed E-state index contributed by atoms with van der Waals surface area (Å²) in [5.41, 5.74) is 1.26. The predicted octanol–water partition coefficient (Wildman–Crippen LogP) is 3.84. The quantitative estimate of drug-likeness (QED) is 0.446. The molecule has 1 nitrogen and oxygen atoms in total. The Balaban J connectivity index is 3.75. The van der Waals surface area contributed by atoms with Crippen LogP contribution >= 0.6 is 0 Å². The van der Waals surface area contributed by atoms with Crippen LogP contribution in [-0.2, 0) is 4.79 Å². The van der Waals surface area contributed by atoms with Crippen LogP contribution in [0.3, 0.4) is 0 Å². The predicted molar refractivity (Wildman–Crippen MR) is 62.2 cm³/mol. The highest BCUT2D eigenvalue weighted by Crippen LogP contribution is 2.22. The van der Waals surface area contributed by atoms with Gasteiger partial charge in [0.15, 0.2) is 0 Å². The van der Waals surface area contributed by atoms with E-state index in [4.69, 9.17) is 0 Å². The third-order valence-electron chi connectivity index (χ3n) is 2.51. The number of allylic oxidation sites excluding steroid dienone is 1. The van der Waals surface area contributed by atoms with Crippen LogP contribution in [0.4, 0.5) is 0 Å². The Morgan fingerprint density at radius 1 is 1.21 bits per heavy atom. The maximum Gasteiger partial charge on any atom is 0.122 e. The highest BCUT2D eigenvalue weighted by Gasteiger charge is 2.11. The second-order valence-electron chi connectivity index (χ2n) is 4.96. The zero-order valence-electron chi connectivity index (χ0n) is 10.0. The van der Waals surface area contributed by atoms with E-state index < -0.39 is 0 Å². The first kappa shape index (κ1) is 13.4. The second-order valence-corrected chi connectivity index (χ2v) is 4.96. The Bertz CT molecular complexity index is 184. The average Bonchev–Trinajstić information content (AvgIpc) is 2.01. The van der Waals surface area contributed by atoms with Crippen molar-refractivity contribution in [2.24, 2.45) is 17.8 Å². The molecule has 0 saturated carbocycles. The van der Waals surface area contributed by atoms with Gasteiger partial charge in [0.1, 0.15) is 6.29 Å². The van der Waals surface area contributed by atoms with E-state index in [1.54, 1.807) is 0 Å². The van der Waals surface area contributed by atoms with Gasteiger partial charge in [0.25, 0.3) is 0 Å². The van der Waals surface area contributed by atoms with Crippen LogP contribution in [-0.4, -0.2) is 6.29 Å². The van der Waals surface area contributed by atoms with Crippen LogP contribution in [0.1, 0.15) is 47.0 Å². The third-order valence-corrected chi connectivity index (χ3v) is 2.51. The molecule has 0 N–H and O–H groups in total. The molecule has 0 aromatic carbocycles. The van der Waals surface area contributed by atoms with Gasteiger partial charge in [-0.2, -0.15) is 0 Å². The molecule has 0 spiro atoms. The third kappa shape index (κ3) is 6.88. The zero-order chi connectivity index (χ0) is 11.1. The maximum absolute atomic E-state index is 10.5. The molecular formula is C13H24O. The first-order valence-corrected chi connectivity index (χ1v) is 5.55. The summed E-state index contributed by atoms with van der Waals surface area (Å²) in [4.78, 5) is 10.5. The van der Waals surface area contributed by atoms with Crippen LogP contribution < -0.4 is 0 Å². The minimum absolute atomic E-state index is 0.210. The summed E-state index contributed by atoms with van der Waals surface area (Å²) in [6, 6.07) is 0. The van der Waals surface area contributed by atoms with Crippen LogP contribution in [0.2, 0.25) is 0 Å². The van der Waals surface area contributed by atoms with Crippen LogP contribution in [0.25, 0.3) is 0 Å². The molecular weight excluding hydrogens is 172 g/mol. The zero-order valence-corrected chi connectivity index (χ0v) is 10.0. The highest BCUT2D eigenvalue weighted by molar-refractivity contribution is 5.52. The van der Waals surface area contributed by atoms with Gasteiger partial charge in [-0.3, -0.25) is 0 Å². The minimum Gasteiger partial charge on any atom is -0.303 e. The fourth-order valence-corrected chi connectivity index (χ4v) is 2.15. The maximum atomic E-state index is 10.5. The number of carbonyl (C=O) groups excluding carboxylic acids is 1. The fourth-order valence-electron chi connectivity index (χ4n) is 2.15. The first-order valence-electron chi connectivity index (χ1n) is 5.55. The lowest BCUT2D eigenvalue weighted by Crippen LogP contribution is -2.08. The van der Waals surface area contributed by atoms with Gasteiger partial charge in [0.2, 0.25) is 0 Å². The molecule has 0 aromatic heterocycles. The van der Waals surface area contributed by atoms with Gasteiger partial charge >= 0.3 is 0 Å². The normalized spacial score (nSPS) is 17.1. The summed E-state index contributed by atoms with van der Waals surface area (Å²) in [6.45, 7) is 12.5. The molecule has 0 aliphatic carbocycles. The smallest absolute Gasteiger partial charge is 0.122 e. The summed E-state index contributed by atoms with van der Waals surface area (Å²) in [5, 5.41) is 0. The van der Waals surface area contributed by atoms with Crippen molar-refractivity contribution in [1.82, 2.24) is 0 Å². The Morgan fingerprint density at radius 2 is 1.79 bits per heavy atom. The van der Waals surface area contributed by atoms with E-state index in [-0.39, 0.29) is 5.92 Å². The van der Waals surface area contributed by atoms with Crippen molar-refractivity contribution in [2.45, 2.75) is 47.0 Å². The number of aldehydes is 1. The van der Waals surface area contributed by atoms with E-state index in [9.17, 15) is 4.79 Å². The Hall–Kier alpha value is -0.590. The molecule has 0 aromatic rings. The molecule has 0 fully saturated rings. The topological polar surface area (TPSA) is 17.1 Å². The molecule has 14 heavy (non-hydrogen) atoms. The fraction of sp³-hybridized carbons (Fsp3) is 0.769. The van der Waals surface area contributed by atoms with Gasteiger partial charge in [-0.25, -0.2) is 0 Å². The number of rotatable bonds is 7.